The van der Waals surface area contributed by atoms with E-state index in [-0.39, 0.29) is 18.2 Å². The van der Waals surface area contributed by atoms with Gasteiger partial charge in [-0.15, -0.1) is 0 Å². The fourth-order valence-electron chi connectivity index (χ4n) is 3.29. The summed E-state index contributed by atoms with van der Waals surface area (Å²) in [7, 11) is 0. The summed E-state index contributed by atoms with van der Waals surface area (Å²) in [5.41, 5.74) is 2.29. The van der Waals surface area contributed by atoms with Crippen molar-refractivity contribution >= 4 is 11.7 Å². The van der Waals surface area contributed by atoms with Crippen LogP contribution in [0.2, 0.25) is 0 Å². The molecule has 1 amide bonds. The summed E-state index contributed by atoms with van der Waals surface area (Å²) >= 11 is 0. The number of nitrogens with zero attached hydrogens (tertiary/aromatic N) is 2. The molecular weight excluding hydrogens is 252 g/mol. The van der Waals surface area contributed by atoms with Crippen LogP contribution in [0.15, 0.2) is 43.4 Å². The largest absolute Gasteiger partial charge is 0.419 e. The fourth-order valence-corrected chi connectivity index (χ4v) is 3.29. The molecule has 2 aliphatic rings. The van der Waals surface area contributed by atoms with Gasteiger partial charge < -0.3 is 4.74 Å². The lowest BCUT2D eigenvalue weighted by Gasteiger charge is -2.28. The number of rotatable bonds is 2. The molecule has 4 heteroatoms. The second kappa shape index (κ2) is 5.49. The quantitative estimate of drug-likeness (QED) is 0.774. The summed E-state index contributed by atoms with van der Waals surface area (Å²) in [6.07, 6.45) is 10.8. The molecule has 0 aliphatic carbocycles. The van der Waals surface area contributed by atoms with Gasteiger partial charge in [-0.25, -0.2) is 4.79 Å². The van der Waals surface area contributed by atoms with Gasteiger partial charge in [0.05, 0.1) is 12.3 Å². The maximum absolute atomic E-state index is 12.2. The maximum atomic E-state index is 12.2. The fraction of sp³-hybridized carbons (Fsp3) is 0.375. The lowest BCUT2D eigenvalue weighted by molar-refractivity contribution is 0.123. The Morgan fingerprint density at radius 3 is 3.10 bits per heavy atom. The SMILES string of the molecule is C=COC(=O)N1[C@H]2CCC=C(c3cccnc3)[C@H]1CC2. The topological polar surface area (TPSA) is 42.4 Å². The molecule has 20 heavy (non-hydrogen) atoms. The number of pyridine rings is 1. The van der Waals surface area contributed by atoms with Gasteiger partial charge in [0.25, 0.3) is 0 Å². The number of hydrogen-bond donors (Lipinski definition) is 0. The molecule has 2 aliphatic heterocycles. The van der Waals surface area contributed by atoms with Crippen LogP contribution in [-0.4, -0.2) is 28.1 Å². The number of carbonyl (C=O) groups is 1. The van der Waals surface area contributed by atoms with Gasteiger partial charge >= 0.3 is 6.09 Å². The van der Waals surface area contributed by atoms with Crippen LogP contribution in [0.3, 0.4) is 0 Å². The lowest BCUT2D eigenvalue weighted by atomic mass is 9.95. The zero-order chi connectivity index (χ0) is 13.9. The Morgan fingerprint density at radius 1 is 1.45 bits per heavy atom. The Labute approximate surface area is 118 Å². The molecule has 2 bridgehead atoms. The summed E-state index contributed by atoms with van der Waals surface area (Å²) in [5, 5.41) is 0. The van der Waals surface area contributed by atoms with Crippen molar-refractivity contribution in [1.82, 2.24) is 9.88 Å². The molecule has 2 atom stereocenters. The number of fused-ring (bicyclic) bond motifs is 2. The van der Waals surface area contributed by atoms with Crippen molar-refractivity contribution in [2.24, 2.45) is 0 Å². The third kappa shape index (κ3) is 2.22. The third-order valence-electron chi connectivity index (χ3n) is 4.12. The first-order valence-corrected chi connectivity index (χ1v) is 7.01. The highest BCUT2D eigenvalue weighted by molar-refractivity contribution is 5.77. The molecule has 0 spiro atoms. The molecule has 0 N–H and O–H groups in total. The van der Waals surface area contributed by atoms with Crippen LogP contribution in [0.5, 0.6) is 0 Å². The number of carbonyl (C=O) groups excluding carboxylic acids is 1. The molecule has 0 saturated carbocycles. The summed E-state index contributed by atoms with van der Waals surface area (Å²) in [6.45, 7) is 3.47. The second-order valence-electron chi connectivity index (χ2n) is 5.18. The molecule has 1 aromatic heterocycles. The number of hydrogen-bond acceptors (Lipinski definition) is 3. The van der Waals surface area contributed by atoms with Crippen molar-refractivity contribution in [2.45, 2.75) is 37.8 Å². The van der Waals surface area contributed by atoms with Gasteiger partial charge in [-0.2, -0.15) is 0 Å². The highest BCUT2D eigenvalue weighted by atomic mass is 16.5. The minimum absolute atomic E-state index is 0.0964. The van der Waals surface area contributed by atoms with E-state index in [0.717, 1.165) is 31.2 Å². The Kier molecular flexibility index (Phi) is 3.54. The normalized spacial score (nSPS) is 24.8. The van der Waals surface area contributed by atoms with Crippen molar-refractivity contribution < 1.29 is 9.53 Å². The summed E-state index contributed by atoms with van der Waals surface area (Å²) < 4.78 is 5.01. The molecule has 1 aromatic rings. The van der Waals surface area contributed by atoms with E-state index in [1.54, 1.807) is 6.20 Å². The van der Waals surface area contributed by atoms with Crippen LogP contribution < -0.4 is 0 Å². The average molecular weight is 270 g/mol. The predicted molar refractivity (Wildman–Crippen MR) is 76.8 cm³/mol. The van der Waals surface area contributed by atoms with Crippen LogP contribution in [-0.2, 0) is 4.74 Å². The molecule has 3 rings (SSSR count). The van der Waals surface area contributed by atoms with E-state index >= 15 is 0 Å². The van der Waals surface area contributed by atoms with E-state index in [2.05, 4.69) is 23.7 Å². The monoisotopic (exact) mass is 270 g/mol. The van der Waals surface area contributed by atoms with Gasteiger partial charge in [-0.1, -0.05) is 18.7 Å². The van der Waals surface area contributed by atoms with Gasteiger partial charge in [-0.3, -0.25) is 9.88 Å². The molecule has 3 heterocycles. The van der Waals surface area contributed by atoms with E-state index in [0.29, 0.717) is 0 Å². The van der Waals surface area contributed by atoms with E-state index in [1.807, 2.05) is 17.2 Å². The summed E-state index contributed by atoms with van der Waals surface area (Å²) in [5.74, 6) is 0. The highest BCUT2D eigenvalue weighted by Gasteiger charge is 2.40. The number of amides is 1. The van der Waals surface area contributed by atoms with Crippen molar-refractivity contribution in [3.8, 4) is 0 Å². The minimum Gasteiger partial charge on any atom is -0.419 e. The summed E-state index contributed by atoms with van der Waals surface area (Å²) in [6, 6.07) is 4.35. The zero-order valence-electron chi connectivity index (χ0n) is 11.4. The van der Waals surface area contributed by atoms with Crippen molar-refractivity contribution in [1.29, 1.82) is 0 Å². The molecule has 1 saturated heterocycles. The number of aromatic nitrogens is 1. The molecule has 0 aromatic carbocycles. The van der Waals surface area contributed by atoms with Gasteiger partial charge in [0.15, 0.2) is 0 Å². The van der Waals surface area contributed by atoms with Crippen LogP contribution in [0, 0.1) is 0 Å². The van der Waals surface area contributed by atoms with Gasteiger partial charge in [0.1, 0.15) is 0 Å². The Bertz CT molecular complexity index is 539. The van der Waals surface area contributed by atoms with Crippen LogP contribution >= 0.6 is 0 Å². The summed E-state index contributed by atoms with van der Waals surface area (Å²) in [4.78, 5) is 18.2. The molecule has 4 nitrogen and oxygen atoms in total. The highest BCUT2D eigenvalue weighted by Crippen LogP contribution is 2.39. The molecule has 0 radical (unpaired) electrons. The Balaban J connectivity index is 1.94. The zero-order valence-corrected chi connectivity index (χ0v) is 11.4. The standard InChI is InChI=1S/C16H18N2O2/c1-2-20-16(19)18-13-6-3-7-14(15(18)9-8-13)12-5-4-10-17-11-12/h2,4-5,7,10-11,13,15H,1,3,6,8-9H2/t13-,15+/m0/s1. The van der Waals surface area contributed by atoms with Crippen molar-refractivity contribution in [3.63, 3.8) is 0 Å². The first-order valence-electron chi connectivity index (χ1n) is 7.01. The van der Waals surface area contributed by atoms with Gasteiger partial charge in [-0.05, 0) is 42.9 Å². The molecule has 0 unspecified atom stereocenters. The van der Waals surface area contributed by atoms with Crippen LogP contribution in [0.1, 0.15) is 31.2 Å². The second-order valence-corrected chi connectivity index (χ2v) is 5.18. The van der Waals surface area contributed by atoms with Gasteiger partial charge in [0, 0.05) is 18.4 Å². The van der Waals surface area contributed by atoms with E-state index in [4.69, 9.17) is 4.74 Å². The van der Waals surface area contributed by atoms with Crippen LogP contribution in [0.4, 0.5) is 4.79 Å². The molecular formula is C16H18N2O2. The Morgan fingerprint density at radius 2 is 2.35 bits per heavy atom. The predicted octanol–water partition coefficient (Wildman–Crippen LogP) is 3.37. The number of allylic oxidation sites excluding steroid dienone is 1. The first-order chi connectivity index (χ1) is 9.81. The number of ether oxygens (including phenoxy) is 1. The molecule has 104 valence electrons. The first kappa shape index (κ1) is 12.9. The van der Waals surface area contributed by atoms with Crippen LogP contribution in [0.25, 0.3) is 5.57 Å². The lowest BCUT2D eigenvalue weighted by Crippen LogP contribution is -2.40. The minimum atomic E-state index is -0.288. The Hall–Kier alpha value is -2.10. The van der Waals surface area contributed by atoms with Gasteiger partial charge in [0.2, 0.25) is 0 Å². The third-order valence-corrected chi connectivity index (χ3v) is 4.12. The van der Waals surface area contributed by atoms with E-state index in [9.17, 15) is 4.79 Å². The smallest absolute Gasteiger partial charge is 0.415 e. The average Bonchev–Trinajstić information content (AvgIpc) is 2.77. The van der Waals surface area contributed by atoms with Crippen molar-refractivity contribution in [3.05, 3.63) is 49.0 Å². The van der Waals surface area contributed by atoms with Crippen molar-refractivity contribution in [2.75, 3.05) is 0 Å². The maximum Gasteiger partial charge on any atom is 0.415 e. The van der Waals surface area contributed by atoms with E-state index in [1.165, 1.54) is 11.8 Å². The molecule has 1 fully saturated rings. The van der Waals surface area contributed by atoms with E-state index < -0.39 is 0 Å².